The predicted octanol–water partition coefficient (Wildman–Crippen LogP) is 3.17. The van der Waals surface area contributed by atoms with Crippen LogP contribution in [0.15, 0.2) is 24.3 Å². The number of aliphatic hydroxyl groups is 1. The third-order valence-electron chi connectivity index (χ3n) is 3.97. The van der Waals surface area contributed by atoms with Crippen LogP contribution in [0.25, 0.3) is 0 Å². The minimum absolute atomic E-state index is 0.173. The summed E-state index contributed by atoms with van der Waals surface area (Å²) in [5, 5.41) is 10.5. The van der Waals surface area contributed by atoms with Gasteiger partial charge in [0, 0.05) is 19.6 Å². The van der Waals surface area contributed by atoms with E-state index < -0.39 is 6.10 Å². The Hall–Kier alpha value is -0.900. The maximum Gasteiger partial charge on any atom is 0.0916 e. The summed E-state index contributed by atoms with van der Waals surface area (Å²) >= 11 is 0. The molecule has 0 spiro atoms. The number of nitrogens with zero attached hydrogens (tertiary/aromatic N) is 1. The van der Waals surface area contributed by atoms with Crippen molar-refractivity contribution in [2.24, 2.45) is 0 Å². The van der Waals surface area contributed by atoms with Crippen molar-refractivity contribution in [2.75, 3.05) is 19.6 Å². The lowest BCUT2D eigenvalue weighted by Gasteiger charge is -2.47. The molecule has 0 saturated carbocycles. The van der Waals surface area contributed by atoms with E-state index in [0.717, 1.165) is 25.1 Å². The average molecular weight is 291 g/mol. The van der Waals surface area contributed by atoms with Gasteiger partial charge in [0.1, 0.15) is 0 Å². The van der Waals surface area contributed by atoms with Crippen LogP contribution in [-0.2, 0) is 11.2 Å². The molecule has 1 heterocycles. The van der Waals surface area contributed by atoms with Gasteiger partial charge in [-0.05, 0) is 45.2 Å². The highest BCUT2D eigenvalue weighted by atomic mass is 16.5. The van der Waals surface area contributed by atoms with Crippen LogP contribution in [0.5, 0.6) is 0 Å². The molecule has 1 unspecified atom stereocenters. The number of hydrogen-bond donors (Lipinski definition) is 1. The van der Waals surface area contributed by atoms with E-state index in [1.807, 2.05) is 12.1 Å². The molecule has 0 aromatic heterocycles. The number of rotatable bonds is 4. The van der Waals surface area contributed by atoms with E-state index in [9.17, 15) is 5.11 Å². The first-order valence-corrected chi connectivity index (χ1v) is 7.90. The first kappa shape index (κ1) is 16.5. The Morgan fingerprint density at radius 2 is 1.62 bits per heavy atom. The summed E-state index contributed by atoms with van der Waals surface area (Å²) in [5.74, 6) is 0. The van der Waals surface area contributed by atoms with Crippen molar-refractivity contribution in [3.05, 3.63) is 35.4 Å². The van der Waals surface area contributed by atoms with Gasteiger partial charge in [-0.25, -0.2) is 0 Å². The van der Waals surface area contributed by atoms with Gasteiger partial charge in [0.05, 0.1) is 17.3 Å². The predicted molar refractivity (Wildman–Crippen MR) is 86.5 cm³/mol. The number of aryl methyl sites for hydroxylation is 1. The maximum atomic E-state index is 10.5. The van der Waals surface area contributed by atoms with Crippen LogP contribution >= 0.6 is 0 Å². The maximum absolute atomic E-state index is 10.5. The van der Waals surface area contributed by atoms with Gasteiger partial charge in [0.2, 0.25) is 0 Å². The third-order valence-corrected chi connectivity index (χ3v) is 3.97. The van der Waals surface area contributed by atoms with Gasteiger partial charge in [0.15, 0.2) is 0 Å². The molecule has 1 fully saturated rings. The fourth-order valence-electron chi connectivity index (χ4n) is 3.40. The van der Waals surface area contributed by atoms with E-state index in [4.69, 9.17) is 4.74 Å². The molecule has 0 radical (unpaired) electrons. The average Bonchev–Trinajstić information content (AvgIpc) is 2.35. The number of aliphatic hydroxyl groups excluding tert-OH is 1. The Labute approximate surface area is 128 Å². The molecule has 1 aromatic rings. The summed E-state index contributed by atoms with van der Waals surface area (Å²) in [4.78, 5) is 2.31. The van der Waals surface area contributed by atoms with E-state index in [-0.39, 0.29) is 11.2 Å². The van der Waals surface area contributed by atoms with Crippen molar-refractivity contribution < 1.29 is 9.84 Å². The molecule has 0 bridgehead atoms. The number of benzene rings is 1. The van der Waals surface area contributed by atoms with Crippen LogP contribution in [-0.4, -0.2) is 40.8 Å². The number of hydrogen-bond acceptors (Lipinski definition) is 3. The third kappa shape index (κ3) is 4.53. The summed E-state index contributed by atoms with van der Waals surface area (Å²) in [6, 6.07) is 8.29. The van der Waals surface area contributed by atoms with Gasteiger partial charge in [-0.15, -0.1) is 0 Å². The molecule has 2 rings (SSSR count). The minimum atomic E-state index is -0.444. The van der Waals surface area contributed by atoms with Gasteiger partial charge in [0.25, 0.3) is 0 Å². The standard InChI is InChI=1S/C18H29NO2/c1-6-14-7-9-15(10-8-14)16(20)11-19-12-17(2,3)21-18(4,5)13-19/h7-10,16,20H,6,11-13H2,1-5H3. The molecule has 118 valence electrons. The molecule has 1 atom stereocenters. The van der Waals surface area contributed by atoms with Gasteiger partial charge in [-0.2, -0.15) is 0 Å². The highest BCUT2D eigenvalue weighted by Gasteiger charge is 2.38. The van der Waals surface area contributed by atoms with Crippen molar-refractivity contribution in [3.63, 3.8) is 0 Å². The molecule has 0 amide bonds. The highest BCUT2D eigenvalue weighted by molar-refractivity contribution is 5.24. The normalized spacial score (nSPS) is 23.0. The quantitative estimate of drug-likeness (QED) is 0.925. The summed E-state index contributed by atoms with van der Waals surface area (Å²) in [6.07, 6.45) is 0.586. The van der Waals surface area contributed by atoms with Gasteiger partial charge < -0.3 is 9.84 Å². The van der Waals surface area contributed by atoms with E-state index in [1.165, 1.54) is 5.56 Å². The largest absolute Gasteiger partial charge is 0.387 e. The number of ether oxygens (including phenoxy) is 1. The first-order valence-electron chi connectivity index (χ1n) is 7.90. The van der Waals surface area contributed by atoms with E-state index in [1.54, 1.807) is 0 Å². The van der Waals surface area contributed by atoms with E-state index in [0.29, 0.717) is 6.54 Å². The lowest BCUT2D eigenvalue weighted by atomic mass is 9.97. The first-order chi connectivity index (χ1) is 9.71. The Morgan fingerprint density at radius 3 is 2.10 bits per heavy atom. The smallest absolute Gasteiger partial charge is 0.0916 e. The second-order valence-corrected chi connectivity index (χ2v) is 7.40. The monoisotopic (exact) mass is 291 g/mol. The molecule has 3 heteroatoms. The summed E-state index contributed by atoms with van der Waals surface area (Å²) in [6.45, 7) is 12.9. The molecule has 21 heavy (non-hydrogen) atoms. The summed E-state index contributed by atoms with van der Waals surface area (Å²) in [5.41, 5.74) is 1.95. The zero-order valence-corrected chi connectivity index (χ0v) is 14.0. The lowest BCUT2D eigenvalue weighted by molar-refractivity contribution is -0.183. The Kier molecular flexibility index (Phi) is 4.76. The molecule has 1 aliphatic heterocycles. The molecule has 1 aromatic carbocycles. The van der Waals surface area contributed by atoms with Crippen LogP contribution in [0, 0.1) is 0 Å². The van der Waals surface area contributed by atoms with Crippen LogP contribution in [0.1, 0.15) is 51.8 Å². The Bertz CT molecular complexity index is 449. The fourth-order valence-corrected chi connectivity index (χ4v) is 3.40. The Balaban J connectivity index is 2.02. The number of morpholine rings is 1. The number of β-amino-alcohol motifs (C(OH)–C–C–N with tert-alkyl or cyclic N) is 1. The molecule has 3 nitrogen and oxygen atoms in total. The Morgan fingerprint density at radius 1 is 1.10 bits per heavy atom. The molecule has 0 aliphatic carbocycles. The molecule has 1 aliphatic rings. The van der Waals surface area contributed by atoms with Crippen molar-refractivity contribution in [3.8, 4) is 0 Å². The SMILES string of the molecule is CCc1ccc(C(O)CN2CC(C)(C)OC(C)(C)C2)cc1. The zero-order chi connectivity index (χ0) is 15.7. The second kappa shape index (κ2) is 6.07. The van der Waals surface area contributed by atoms with Crippen LogP contribution in [0.3, 0.4) is 0 Å². The zero-order valence-electron chi connectivity index (χ0n) is 14.0. The van der Waals surface area contributed by atoms with Gasteiger partial charge in [-0.1, -0.05) is 31.2 Å². The highest BCUT2D eigenvalue weighted by Crippen LogP contribution is 2.29. The van der Waals surface area contributed by atoms with Gasteiger partial charge in [-0.3, -0.25) is 4.90 Å². The van der Waals surface area contributed by atoms with Crippen LogP contribution in [0.4, 0.5) is 0 Å². The molecular weight excluding hydrogens is 262 g/mol. The van der Waals surface area contributed by atoms with Crippen LogP contribution in [0.2, 0.25) is 0 Å². The molecule has 1 N–H and O–H groups in total. The van der Waals surface area contributed by atoms with Crippen molar-refractivity contribution >= 4 is 0 Å². The second-order valence-electron chi connectivity index (χ2n) is 7.40. The van der Waals surface area contributed by atoms with Crippen molar-refractivity contribution in [1.82, 2.24) is 4.90 Å². The molecule has 1 saturated heterocycles. The fraction of sp³-hybridized carbons (Fsp3) is 0.667. The molecular formula is C18H29NO2. The van der Waals surface area contributed by atoms with Gasteiger partial charge >= 0.3 is 0 Å². The minimum Gasteiger partial charge on any atom is -0.387 e. The topological polar surface area (TPSA) is 32.7 Å². The van der Waals surface area contributed by atoms with Crippen molar-refractivity contribution in [2.45, 2.75) is 58.3 Å². The summed E-state index contributed by atoms with van der Waals surface area (Å²) in [7, 11) is 0. The van der Waals surface area contributed by atoms with Crippen LogP contribution < -0.4 is 0 Å². The summed E-state index contributed by atoms with van der Waals surface area (Å²) < 4.78 is 6.09. The van der Waals surface area contributed by atoms with E-state index >= 15 is 0 Å². The lowest BCUT2D eigenvalue weighted by Crippen LogP contribution is -2.57. The van der Waals surface area contributed by atoms with Crippen molar-refractivity contribution in [1.29, 1.82) is 0 Å². The van der Waals surface area contributed by atoms with E-state index in [2.05, 4.69) is 51.7 Å².